The summed E-state index contributed by atoms with van der Waals surface area (Å²) in [7, 11) is -3.36. The van der Waals surface area contributed by atoms with E-state index in [1.807, 2.05) is 6.92 Å². The summed E-state index contributed by atoms with van der Waals surface area (Å²) >= 11 is 0. The highest BCUT2D eigenvalue weighted by Gasteiger charge is 2.30. The molecule has 0 radical (unpaired) electrons. The van der Waals surface area contributed by atoms with Crippen molar-refractivity contribution in [1.82, 2.24) is 9.62 Å². The van der Waals surface area contributed by atoms with Gasteiger partial charge >= 0.3 is 6.18 Å². The molecule has 0 aromatic heterocycles. The number of unbranched alkanes of at least 4 members (excludes halogenated alkanes) is 1. The highest BCUT2D eigenvalue weighted by molar-refractivity contribution is 7.88. The molecule has 0 saturated heterocycles. The van der Waals surface area contributed by atoms with Gasteiger partial charge in [0, 0.05) is 25.2 Å². The number of nitrogens with one attached hydrogen (secondary N) is 1. The highest BCUT2D eigenvalue weighted by Crippen LogP contribution is 2.29. The zero-order valence-corrected chi connectivity index (χ0v) is 14.4. The van der Waals surface area contributed by atoms with Gasteiger partial charge < -0.3 is 5.32 Å². The van der Waals surface area contributed by atoms with Crippen LogP contribution in [0.3, 0.4) is 0 Å². The Balaban J connectivity index is 2.59. The lowest BCUT2D eigenvalue weighted by Crippen LogP contribution is -2.38. The van der Waals surface area contributed by atoms with E-state index in [-0.39, 0.29) is 18.7 Å². The molecule has 0 aliphatic heterocycles. The van der Waals surface area contributed by atoms with Crippen LogP contribution in [0, 0.1) is 0 Å². The summed E-state index contributed by atoms with van der Waals surface area (Å²) in [4.78, 5) is 11.9. The zero-order chi connectivity index (χ0) is 18.4. The number of carbonyl (C=O) groups is 1. The Morgan fingerprint density at radius 3 is 2.21 bits per heavy atom. The Hall–Kier alpha value is -1.61. The Labute approximate surface area is 139 Å². The molecule has 1 N–H and O–H groups in total. The van der Waals surface area contributed by atoms with Crippen molar-refractivity contribution in [3.05, 3.63) is 35.4 Å². The van der Waals surface area contributed by atoms with Crippen LogP contribution in [-0.4, -0.2) is 44.5 Å². The van der Waals surface area contributed by atoms with E-state index in [4.69, 9.17) is 0 Å². The van der Waals surface area contributed by atoms with Gasteiger partial charge in [0.1, 0.15) is 0 Å². The van der Waals surface area contributed by atoms with Gasteiger partial charge in [0.15, 0.2) is 0 Å². The normalized spacial score (nSPS) is 12.4. The van der Waals surface area contributed by atoms with E-state index in [0.29, 0.717) is 13.0 Å². The molecule has 0 bridgehead atoms. The Bertz CT molecular complexity index is 643. The average molecular weight is 366 g/mol. The minimum atomic E-state index is -4.45. The molecular weight excluding hydrogens is 345 g/mol. The predicted octanol–water partition coefficient (Wildman–Crippen LogP) is 2.50. The first-order valence-electron chi connectivity index (χ1n) is 7.46. The van der Waals surface area contributed by atoms with Crippen LogP contribution in [0.5, 0.6) is 0 Å². The zero-order valence-electron chi connectivity index (χ0n) is 13.6. The van der Waals surface area contributed by atoms with Crippen LogP contribution in [0.4, 0.5) is 13.2 Å². The maximum absolute atomic E-state index is 12.5. The van der Waals surface area contributed by atoms with Gasteiger partial charge in [-0.05, 0) is 30.7 Å². The van der Waals surface area contributed by atoms with E-state index < -0.39 is 27.7 Å². The van der Waals surface area contributed by atoms with Crippen molar-refractivity contribution in [2.24, 2.45) is 0 Å². The summed E-state index contributed by atoms with van der Waals surface area (Å²) in [6.45, 7) is 2.50. The minimum absolute atomic E-state index is 0.0800. The number of rotatable bonds is 8. The number of hydrogen-bond acceptors (Lipinski definition) is 3. The molecule has 136 valence electrons. The second-order valence-corrected chi connectivity index (χ2v) is 7.33. The molecule has 0 fully saturated rings. The first kappa shape index (κ1) is 20.4. The lowest BCUT2D eigenvalue weighted by molar-refractivity contribution is -0.137. The van der Waals surface area contributed by atoms with Gasteiger partial charge in [0.05, 0.1) is 11.8 Å². The molecule has 0 spiro atoms. The largest absolute Gasteiger partial charge is 0.416 e. The van der Waals surface area contributed by atoms with E-state index in [1.54, 1.807) is 0 Å². The van der Waals surface area contributed by atoms with Crippen LogP contribution in [-0.2, 0) is 16.2 Å². The van der Waals surface area contributed by atoms with Gasteiger partial charge in [-0.25, -0.2) is 12.7 Å². The Morgan fingerprint density at radius 1 is 1.17 bits per heavy atom. The van der Waals surface area contributed by atoms with Crippen molar-refractivity contribution >= 4 is 15.9 Å². The topological polar surface area (TPSA) is 66.5 Å². The highest BCUT2D eigenvalue weighted by atomic mass is 32.2. The average Bonchev–Trinajstić information content (AvgIpc) is 2.48. The molecular formula is C15H21F3N2O3S. The molecule has 1 aromatic carbocycles. The number of carbonyl (C=O) groups excluding carboxylic acids is 1. The summed E-state index contributed by atoms with van der Waals surface area (Å²) in [5.74, 6) is -0.548. The van der Waals surface area contributed by atoms with Crippen molar-refractivity contribution in [2.45, 2.75) is 25.9 Å². The maximum atomic E-state index is 12.5. The minimum Gasteiger partial charge on any atom is -0.351 e. The van der Waals surface area contributed by atoms with Crippen LogP contribution in [0.15, 0.2) is 24.3 Å². The van der Waals surface area contributed by atoms with Crippen molar-refractivity contribution in [2.75, 3.05) is 25.9 Å². The SMILES string of the molecule is CCCCN(CCNC(=O)c1ccc(C(F)(F)F)cc1)S(C)(=O)=O. The molecule has 24 heavy (non-hydrogen) atoms. The number of benzene rings is 1. The summed E-state index contributed by atoms with van der Waals surface area (Å²) < 4.78 is 61.9. The quantitative estimate of drug-likeness (QED) is 0.769. The number of halogens is 3. The third-order valence-corrected chi connectivity index (χ3v) is 4.65. The van der Waals surface area contributed by atoms with Crippen LogP contribution >= 0.6 is 0 Å². The van der Waals surface area contributed by atoms with Gasteiger partial charge in [-0.2, -0.15) is 13.2 Å². The summed E-state index contributed by atoms with van der Waals surface area (Å²) in [5, 5.41) is 2.51. The predicted molar refractivity (Wildman–Crippen MR) is 85.1 cm³/mol. The monoisotopic (exact) mass is 366 g/mol. The lowest BCUT2D eigenvalue weighted by Gasteiger charge is -2.19. The van der Waals surface area contributed by atoms with Crippen molar-refractivity contribution in [3.63, 3.8) is 0 Å². The van der Waals surface area contributed by atoms with Crippen LogP contribution in [0.2, 0.25) is 0 Å². The number of sulfonamides is 1. The molecule has 0 aliphatic rings. The fraction of sp³-hybridized carbons (Fsp3) is 0.533. The molecule has 0 saturated carbocycles. The van der Waals surface area contributed by atoms with E-state index in [1.165, 1.54) is 4.31 Å². The Kier molecular flexibility index (Phi) is 7.22. The van der Waals surface area contributed by atoms with E-state index in [0.717, 1.165) is 36.9 Å². The number of nitrogens with zero attached hydrogens (tertiary/aromatic N) is 1. The molecule has 0 aliphatic carbocycles. The molecule has 0 atom stereocenters. The maximum Gasteiger partial charge on any atom is 0.416 e. The number of amides is 1. The number of alkyl halides is 3. The van der Waals surface area contributed by atoms with Gasteiger partial charge in [0.2, 0.25) is 10.0 Å². The van der Waals surface area contributed by atoms with Gasteiger partial charge in [-0.1, -0.05) is 13.3 Å². The van der Waals surface area contributed by atoms with Gasteiger partial charge in [0.25, 0.3) is 5.91 Å². The van der Waals surface area contributed by atoms with Crippen LogP contribution < -0.4 is 5.32 Å². The molecule has 0 heterocycles. The van der Waals surface area contributed by atoms with Crippen LogP contribution in [0.25, 0.3) is 0 Å². The second kappa shape index (κ2) is 8.48. The standard InChI is InChI=1S/C15H21F3N2O3S/c1-3-4-10-20(24(2,22)23)11-9-19-14(21)12-5-7-13(8-6-12)15(16,17)18/h5-8H,3-4,9-11H2,1-2H3,(H,19,21). The molecule has 9 heteroatoms. The summed E-state index contributed by atoms with van der Waals surface area (Å²) in [5.41, 5.74) is -0.746. The fourth-order valence-corrected chi connectivity index (χ4v) is 2.87. The summed E-state index contributed by atoms with van der Waals surface area (Å²) in [6, 6.07) is 3.84. The molecule has 5 nitrogen and oxygen atoms in total. The molecule has 1 rings (SSSR count). The van der Waals surface area contributed by atoms with Gasteiger partial charge in [-0.3, -0.25) is 4.79 Å². The fourth-order valence-electron chi connectivity index (χ4n) is 1.98. The van der Waals surface area contributed by atoms with Crippen molar-refractivity contribution < 1.29 is 26.4 Å². The molecule has 1 amide bonds. The van der Waals surface area contributed by atoms with Gasteiger partial charge in [-0.15, -0.1) is 0 Å². The third-order valence-electron chi connectivity index (χ3n) is 3.35. The third kappa shape index (κ3) is 6.48. The van der Waals surface area contributed by atoms with Crippen molar-refractivity contribution in [3.8, 4) is 0 Å². The first-order valence-corrected chi connectivity index (χ1v) is 9.31. The molecule has 0 unspecified atom stereocenters. The summed E-state index contributed by atoms with van der Waals surface area (Å²) in [6.07, 6.45) is -1.81. The lowest BCUT2D eigenvalue weighted by atomic mass is 10.1. The van der Waals surface area contributed by atoms with Crippen molar-refractivity contribution in [1.29, 1.82) is 0 Å². The van der Waals surface area contributed by atoms with E-state index in [9.17, 15) is 26.4 Å². The van der Waals surface area contributed by atoms with E-state index in [2.05, 4.69) is 5.32 Å². The number of hydrogen-bond donors (Lipinski definition) is 1. The smallest absolute Gasteiger partial charge is 0.351 e. The first-order chi connectivity index (χ1) is 11.1. The van der Waals surface area contributed by atoms with Crippen LogP contribution in [0.1, 0.15) is 35.7 Å². The molecule has 1 aromatic rings. The Morgan fingerprint density at radius 2 is 1.75 bits per heavy atom. The van der Waals surface area contributed by atoms with E-state index >= 15 is 0 Å². The second-order valence-electron chi connectivity index (χ2n) is 5.35.